The van der Waals surface area contributed by atoms with Crippen LogP contribution >= 0.6 is 0 Å². The summed E-state index contributed by atoms with van der Waals surface area (Å²) < 4.78 is 5.60. The van der Waals surface area contributed by atoms with Crippen molar-refractivity contribution in [2.45, 2.75) is 6.92 Å². The first-order valence-corrected chi connectivity index (χ1v) is 7.03. The number of nitrogens with one attached hydrogen (secondary N) is 1. The Morgan fingerprint density at radius 2 is 1.70 bits per heavy atom. The van der Waals surface area contributed by atoms with Crippen LogP contribution in [0.3, 0.4) is 0 Å². The molecule has 0 radical (unpaired) electrons. The zero-order valence-electron chi connectivity index (χ0n) is 12.2. The van der Waals surface area contributed by atoms with E-state index < -0.39 is 0 Å². The lowest BCUT2D eigenvalue weighted by molar-refractivity contribution is 0.341. The Hall–Kier alpha value is -2.16. The van der Waals surface area contributed by atoms with E-state index in [1.165, 1.54) is 5.69 Å². The normalized spacial score (nSPS) is 10.1. The quantitative estimate of drug-likeness (QED) is 0.831. The van der Waals surface area contributed by atoms with Crippen molar-refractivity contribution in [1.82, 2.24) is 0 Å². The molecular weight excluding hydrogens is 248 g/mol. The summed E-state index contributed by atoms with van der Waals surface area (Å²) in [6, 6.07) is 18.4. The molecule has 20 heavy (non-hydrogen) atoms. The van der Waals surface area contributed by atoms with Gasteiger partial charge in [-0.3, -0.25) is 0 Å². The highest BCUT2D eigenvalue weighted by Gasteiger charge is 2.03. The lowest BCUT2D eigenvalue weighted by atomic mass is 10.3. The molecule has 2 aromatic carbocycles. The maximum Gasteiger partial charge on any atom is 0.142 e. The second kappa shape index (κ2) is 7.43. The molecule has 0 bridgehead atoms. The minimum atomic E-state index is 0.683. The average molecular weight is 270 g/mol. The monoisotopic (exact) mass is 270 g/mol. The molecule has 0 aliphatic heterocycles. The zero-order valence-corrected chi connectivity index (χ0v) is 12.2. The van der Waals surface area contributed by atoms with Gasteiger partial charge >= 0.3 is 0 Å². The fourth-order valence-corrected chi connectivity index (χ4v) is 2.06. The van der Waals surface area contributed by atoms with Gasteiger partial charge in [-0.05, 0) is 31.2 Å². The van der Waals surface area contributed by atoms with E-state index in [1.54, 1.807) is 0 Å². The van der Waals surface area contributed by atoms with Gasteiger partial charge < -0.3 is 15.0 Å². The van der Waals surface area contributed by atoms with E-state index in [0.717, 1.165) is 24.5 Å². The first kappa shape index (κ1) is 14.3. The van der Waals surface area contributed by atoms with E-state index >= 15 is 0 Å². The summed E-state index contributed by atoms with van der Waals surface area (Å²) in [5.41, 5.74) is 2.28. The lowest BCUT2D eigenvalue weighted by Crippen LogP contribution is -2.24. The third-order valence-corrected chi connectivity index (χ3v) is 3.15. The van der Waals surface area contributed by atoms with Crippen LogP contribution < -0.4 is 15.0 Å². The van der Waals surface area contributed by atoms with Crippen molar-refractivity contribution in [3.05, 3.63) is 54.6 Å². The second-order valence-corrected chi connectivity index (χ2v) is 4.61. The summed E-state index contributed by atoms with van der Waals surface area (Å²) in [6.45, 7) is 4.49. The molecule has 2 rings (SSSR count). The molecule has 1 N–H and O–H groups in total. The Kier molecular flexibility index (Phi) is 5.30. The van der Waals surface area contributed by atoms with Crippen LogP contribution in [-0.2, 0) is 0 Å². The molecule has 0 amide bonds. The van der Waals surface area contributed by atoms with Crippen molar-refractivity contribution in [2.24, 2.45) is 0 Å². The second-order valence-electron chi connectivity index (χ2n) is 4.61. The van der Waals surface area contributed by atoms with Crippen LogP contribution in [0.4, 0.5) is 11.4 Å². The van der Waals surface area contributed by atoms with Gasteiger partial charge in [0.05, 0.1) is 12.3 Å². The van der Waals surface area contributed by atoms with Crippen molar-refractivity contribution in [1.29, 1.82) is 0 Å². The van der Waals surface area contributed by atoms with Crippen molar-refractivity contribution in [3.63, 3.8) is 0 Å². The van der Waals surface area contributed by atoms with Crippen LogP contribution in [0.2, 0.25) is 0 Å². The van der Waals surface area contributed by atoms with Crippen molar-refractivity contribution < 1.29 is 4.74 Å². The van der Waals surface area contributed by atoms with Gasteiger partial charge in [0, 0.05) is 25.8 Å². The van der Waals surface area contributed by atoms with Gasteiger partial charge in [-0.1, -0.05) is 30.3 Å². The number of rotatable bonds is 7. The number of para-hydroxylation sites is 3. The highest BCUT2D eigenvalue weighted by Crippen LogP contribution is 2.23. The van der Waals surface area contributed by atoms with E-state index in [9.17, 15) is 0 Å². The van der Waals surface area contributed by atoms with E-state index in [1.807, 2.05) is 37.3 Å². The number of likely N-dealkylation sites (N-methyl/N-ethyl adjacent to an activating group) is 1. The molecule has 0 atom stereocenters. The molecule has 2 aromatic rings. The summed E-state index contributed by atoms with van der Waals surface area (Å²) in [5, 5.41) is 3.43. The van der Waals surface area contributed by atoms with Crippen molar-refractivity contribution in [2.75, 3.05) is 37.0 Å². The number of hydrogen-bond acceptors (Lipinski definition) is 3. The van der Waals surface area contributed by atoms with E-state index in [0.29, 0.717) is 6.61 Å². The van der Waals surface area contributed by atoms with Gasteiger partial charge in [-0.25, -0.2) is 0 Å². The summed E-state index contributed by atoms with van der Waals surface area (Å²) >= 11 is 0. The maximum absolute atomic E-state index is 5.60. The fraction of sp³-hybridized carbons (Fsp3) is 0.294. The minimum Gasteiger partial charge on any atom is -0.492 e. The molecule has 0 aliphatic rings. The highest BCUT2D eigenvalue weighted by molar-refractivity contribution is 5.56. The molecule has 0 aromatic heterocycles. The molecule has 106 valence electrons. The summed E-state index contributed by atoms with van der Waals surface area (Å²) in [7, 11) is 2.10. The minimum absolute atomic E-state index is 0.683. The summed E-state index contributed by atoms with van der Waals surface area (Å²) in [6.07, 6.45) is 0. The first-order chi connectivity index (χ1) is 9.81. The van der Waals surface area contributed by atoms with Crippen LogP contribution in [0.5, 0.6) is 5.75 Å². The molecule has 0 saturated carbocycles. The van der Waals surface area contributed by atoms with Crippen LogP contribution in [0, 0.1) is 0 Å². The summed E-state index contributed by atoms with van der Waals surface area (Å²) in [5.74, 6) is 0.914. The predicted octanol–water partition coefficient (Wildman–Crippen LogP) is 3.63. The van der Waals surface area contributed by atoms with Crippen LogP contribution in [0.1, 0.15) is 6.92 Å². The molecule has 0 heterocycles. The molecule has 3 nitrogen and oxygen atoms in total. The van der Waals surface area contributed by atoms with E-state index in [2.05, 4.69) is 41.5 Å². The molecular formula is C17H22N2O. The Bertz CT molecular complexity index is 513. The van der Waals surface area contributed by atoms with Crippen LogP contribution in [-0.4, -0.2) is 26.7 Å². The lowest BCUT2D eigenvalue weighted by Gasteiger charge is -2.20. The molecule has 3 heteroatoms. The third kappa shape index (κ3) is 3.92. The number of ether oxygens (including phenoxy) is 1. The van der Waals surface area contributed by atoms with Gasteiger partial charge in [0.15, 0.2) is 0 Å². The largest absolute Gasteiger partial charge is 0.492 e. The third-order valence-electron chi connectivity index (χ3n) is 3.15. The Morgan fingerprint density at radius 1 is 1.00 bits per heavy atom. The van der Waals surface area contributed by atoms with Gasteiger partial charge in [-0.2, -0.15) is 0 Å². The van der Waals surface area contributed by atoms with Gasteiger partial charge in [-0.15, -0.1) is 0 Å². The summed E-state index contributed by atoms with van der Waals surface area (Å²) in [4.78, 5) is 2.23. The number of anilines is 2. The van der Waals surface area contributed by atoms with Crippen LogP contribution in [0.25, 0.3) is 0 Å². The number of nitrogens with zero attached hydrogens (tertiary/aromatic N) is 1. The highest BCUT2D eigenvalue weighted by atomic mass is 16.5. The zero-order chi connectivity index (χ0) is 14.2. The van der Waals surface area contributed by atoms with Crippen molar-refractivity contribution in [3.8, 4) is 5.75 Å². The van der Waals surface area contributed by atoms with Gasteiger partial charge in [0.25, 0.3) is 0 Å². The number of hydrogen-bond donors (Lipinski definition) is 1. The molecule has 0 unspecified atom stereocenters. The SMILES string of the molecule is CCOc1ccccc1NCCN(C)c1ccccc1. The predicted molar refractivity (Wildman–Crippen MR) is 85.8 cm³/mol. The smallest absolute Gasteiger partial charge is 0.142 e. The topological polar surface area (TPSA) is 24.5 Å². The molecule has 0 aliphatic carbocycles. The molecule has 0 saturated heterocycles. The Morgan fingerprint density at radius 3 is 2.45 bits per heavy atom. The Labute approximate surface area is 121 Å². The fourth-order valence-electron chi connectivity index (χ4n) is 2.06. The van der Waals surface area contributed by atoms with Crippen molar-refractivity contribution >= 4 is 11.4 Å². The first-order valence-electron chi connectivity index (χ1n) is 7.03. The van der Waals surface area contributed by atoms with Gasteiger partial charge in [0.2, 0.25) is 0 Å². The maximum atomic E-state index is 5.60. The van der Waals surface area contributed by atoms with E-state index in [-0.39, 0.29) is 0 Å². The standard InChI is InChI=1S/C17H22N2O/c1-3-20-17-12-8-7-11-16(17)18-13-14-19(2)15-9-5-4-6-10-15/h4-12,18H,3,13-14H2,1-2H3. The molecule has 0 fully saturated rings. The molecule has 0 spiro atoms. The average Bonchev–Trinajstić information content (AvgIpc) is 2.50. The van der Waals surface area contributed by atoms with Gasteiger partial charge in [0.1, 0.15) is 5.75 Å². The van der Waals surface area contributed by atoms with E-state index in [4.69, 9.17) is 4.74 Å². The number of benzene rings is 2. The Balaban J connectivity index is 1.87. The van der Waals surface area contributed by atoms with Crippen LogP contribution in [0.15, 0.2) is 54.6 Å².